The number of benzene rings is 1. The van der Waals surface area contributed by atoms with Gasteiger partial charge in [0.15, 0.2) is 0 Å². The van der Waals surface area contributed by atoms with Gasteiger partial charge in [-0.3, -0.25) is 4.79 Å². The average molecular weight is 306 g/mol. The number of nitrogens with one attached hydrogen (secondary N) is 2. The number of hydrogen-bond acceptors (Lipinski definition) is 4. The summed E-state index contributed by atoms with van der Waals surface area (Å²) in [5.41, 5.74) is 0.999. The van der Waals surface area contributed by atoms with Gasteiger partial charge >= 0.3 is 0 Å². The molecule has 3 nitrogen and oxygen atoms in total. The number of hydrogen-bond donors (Lipinski definition) is 2. The van der Waals surface area contributed by atoms with E-state index in [9.17, 15) is 4.79 Å². The standard InChI is InChI=1S/C15H18N2OS2/c1-11(13-8-5-9-20-13)17-15(18)10-16-12-6-3-4-7-14(12)19-2/h3-9,11,16H,10H2,1-2H3,(H,17,18). The molecule has 2 N–H and O–H groups in total. The maximum atomic E-state index is 11.9. The van der Waals surface area contributed by atoms with E-state index in [-0.39, 0.29) is 18.5 Å². The third-order valence-corrected chi connectivity index (χ3v) is 4.74. The molecule has 1 heterocycles. The van der Waals surface area contributed by atoms with Crippen LogP contribution in [0.2, 0.25) is 0 Å². The molecule has 0 saturated heterocycles. The molecule has 5 heteroatoms. The highest BCUT2D eigenvalue weighted by molar-refractivity contribution is 7.98. The minimum atomic E-state index is 0.00167. The molecule has 1 aromatic carbocycles. The summed E-state index contributed by atoms with van der Waals surface area (Å²) in [5.74, 6) is 0.00167. The van der Waals surface area contributed by atoms with E-state index < -0.39 is 0 Å². The highest BCUT2D eigenvalue weighted by Gasteiger charge is 2.10. The van der Waals surface area contributed by atoms with Gasteiger partial charge in [-0.15, -0.1) is 23.1 Å². The summed E-state index contributed by atoms with van der Waals surface area (Å²) in [4.78, 5) is 14.3. The molecule has 1 aromatic heterocycles. The number of anilines is 1. The van der Waals surface area contributed by atoms with E-state index in [4.69, 9.17) is 0 Å². The zero-order chi connectivity index (χ0) is 14.4. The number of thioether (sulfide) groups is 1. The van der Waals surface area contributed by atoms with Crippen LogP contribution in [0.5, 0.6) is 0 Å². The molecule has 20 heavy (non-hydrogen) atoms. The molecule has 0 fully saturated rings. The topological polar surface area (TPSA) is 41.1 Å². The molecule has 1 amide bonds. The zero-order valence-electron chi connectivity index (χ0n) is 11.6. The third-order valence-electron chi connectivity index (χ3n) is 2.89. The normalized spacial score (nSPS) is 11.9. The van der Waals surface area contributed by atoms with Gasteiger partial charge in [0.2, 0.25) is 5.91 Å². The Kier molecular flexibility index (Phi) is 5.49. The highest BCUT2D eigenvalue weighted by Crippen LogP contribution is 2.24. The number of carbonyl (C=O) groups is 1. The molecule has 1 unspecified atom stereocenters. The van der Waals surface area contributed by atoms with E-state index in [1.165, 1.54) is 4.88 Å². The lowest BCUT2D eigenvalue weighted by Crippen LogP contribution is -2.31. The molecule has 0 spiro atoms. The Balaban J connectivity index is 1.86. The molecule has 0 radical (unpaired) electrons. The quantitative estimate of drug-likeness (QED) is 0.798. The van der Waals surface area contributed by atoms with Crippen molar-refractivity contribution in [2.75, 3.05) is 18.1 Å². The van der Waals surface area contributed by atoms with Gasteiger partial charge < -0.3 is 10.6 Å². The van der Waals surface area contributed by atoms with Crippen LogP contribution in [0.3, 0.4) is 0 Å². The number of thiophene rings is 1. The van der Waals surface area contributed by atoms with Crippen LogP contribution in [-0.4, -0.2) is 18.7 Å². The molecule has 0 saturated carbocycles. The van der Waals surface area contributed by atoms with Gasteiger partial charge in [0.25, 0.3) is 0 Å². The fourth-order valence-corrected chi connectivity index (χ4v) is 3.18. The SMILES string of the molecule is CSc1ccccc1NCC(=O)NC(C)c1cccs1. The predicted molar refractivity (Wildman–Crippen MR) is 87.6 cm³/mol. The van der Waals surface area contributed by atoms with Gasteiger partial charge in [-0.1, -0.05) is 18.2 Å². The van der Waals surface area contributed by atoms with Crippen LogP contribution in [0.15, 0.2) is 46.7 Å². The van der Waals surface area contributed by atoms with Gasteiger partial charge in [-0.05, 0) is 36.8 Å². The fourth-order valence-electron chi connectivity index (χ4n) is 1.87. The lowest BCUT2D eigenvalue weighted by atomic mass is 10.2. The Morgan fingerprint density at radius 1 is 1.30 bits per heavy atom. The second-order valence-electron chi connectivity index (χ2n) is 4.36. The van der Waals surface area contributed by atoms with Crippen molar-refractivity contribution in [2.24, 2.45) is 0 Å². The highest BCUT2D eigenvalue weighted by atomic mass is 32.2. The van der Waals surface area contributed by atoms with Gasteiger partial charge in [-0.25, -0.2) is 0 Å². The zero-order valence-corrected chi connectivity index (χ0v) is 13.2. The van der Waals surface area contributed by atoms with Crippen molar-refractivity contribution in [3.63, 3.8) is 0 Å². The summed E-state index contributed by atoms with van der Waals surface area (Å²) in [5, 5.41) is 8.20. The molecule has 2 aromatic rings. The van der Waals surface area contributed by atoms with Crippen molar-refractivity contribution in [1.82, 2.24) is 5.32 Å². The molecular formula is C15H18N2OS2. The second kappa shape index (κ2) is 7.36. The van der Waals surface area contributed by atoms with E-state index in [0.29, 0.717) is 0 Å². The van der Waals surface area contributed by atoms with E-state index in [0.717, 1.165) is 10.6 Å². The Bertz CT molecular complexity index is 555. The number of amides is 1. The maximum Gasteiger partial charge on any atom is 0.239 e. The molecule has 2 rings (SSSR count). The van der Waals surface area contributed by atoms with Crippen LogP contribution >= 0.6 is 23.1 Å². The first kappa shape index (κ1) is 14.9. The van der Waals surface area contributed by atoms with Crippen LogP contribution in [-0.2, 0) is 4.79 Å². The number of carbonyl (C=O) groups excluding carboxylic acids is 1. The van der Waals surface area contributed by atoms with Crippen molar-refractivity contribution in [2.45, 2.75) is 17.9 Å². The predicted octanol–water partition coefficient (Wildman–Crippen LogP) is 3.76. The number of rotatable bonds is 6. The minimum absolute atomic E-state index is 0.00167. The first-order valence-electron chi connectivity index (χ1n) is 6.40. The fraction of sp³-hybridized carbons (Fsp3) is 0.267. The van der Waals surface area contributed by atoms with Gasteiger partial charge in [0, 0.05) is 15.5 Å². The Morgan fingerprint density at radius 3 is 2.80 bits per heavy atom. The Labute approximate surface area is 127 Å². The summed E-state index contributed by atoms with van der Waals surface area (Å²) in [6.45, 7) is 2.28. The molecule has 106 valence electrons. The molecule has 0 aliphatic carbocycles. The van der Waals surface area contributed by atoms with Crippen molar-refractivity contribution in [3.8, 4) is 0 Å². The number of para-hydroxylation sites is 1. The van der Waals surface area contributed by atoms with Crippen LogP contribution in [0.25, 0.3) is 0 Å². The summed E-state index contributed by atoms with van der Waals surface area (Å²) >= 11 is 3.32. The molecular weight excluding hydrogens is 288 g/mol. The molecule has 0 bridgehead atoms. The lowest BCUT2D eigenvalue weighted by Gasteiger charge is -2.14. The van der Waals surface area contributed by atoms with Gasteiger partial charge in [0.05, 0.1) is 12.6 Å². The molecule has 1 atom stereocenters. The van der Waals surface area contributed by atoms with Crippen molar-refractivity contribution >= 4 is 34.7 Å². The van der Waals surface area contributed by atoms with Crippen LogP contribution in [0.1, 0.15) is 17.8 Å². The Hall–Kier alpha value is -1.46. The van der Waals surface area contributed by atoms with E-state index >= 15 is 0 Å². The largest absolute Gasteiger partial charge is 0.375 e. The Morgan fingerprint density at radius 2 is 2.10 bits per heavy atom. The van der Waals surface area contributed by atoms with E-state index in [2.05, 4.69) is 10.6 Å². The third kappa shape index (κ3) is 4.02. The van der Waals surface area contributed by atoms with Crippen LogP contribution in [0, 0.1) is 0 Å². The smallest absolute Gasteiger partial charge is 0.239 e. The first-order chi connectivity index (χ1) is 9.70. The monoisotopic (exact) mass is 306 g/mol. The molecule has 0 aliphatic rings. The van der Waals surface area contributed by atoms with Crippen molar-refractivity contribution < 1.29 is 4.79 Å². The summed E-state index contributed by atoms with van der Waals surface area (Å²) in [6.07, 6.45) is 2.03. The second-order valence-corrected chi connectivity index (χ2v) is 6.19. The summed E-state index contributed by atoms with van der Waals surface area (Å²) < 4.78 is 0. The van der Waals surface area contributed by atoms with E-state index in [1.54, 1.807) is 23.1 Å². The first-order valence-corrected chi connectivity index (χ1v) is 8.51. The van der Waals surface area contributed by atoms with Crippen LogP contribution < -0.4 is 10.6 Å². The average Bonchev–Trinajstić information content (AvgIpc) is 2.99. The van der Waals surface area contributed by atoms with Crippen molar-refractivity contribution in [1.29, 1.82) is 0 Å². The van der Waals surface area contributed by atoms with Crippen LogP contribution in [0.4, 0.5) is 5.69 Å². The van der Waals surface area contributed by atoms with Gasteiger partial charge in [0.1, 0.15) is 0 Å². The molecule has 0 aliphatic heterocycles. The maximum absolute atomic E-state index is 11.9. The minimum Gasteiger partial charge on any atom is -0.375 e. The van der Waals surface area contributed by atoms with E-state index in [1.807, 2.05) is 55.0 Å². The summed E-state index contributed by atoms with van der Waals surface area (Å²) in [6, 6.07) is 12.1. The lowest BCUT2D eigenvalue weighted by molar-refractivity contribution is -0.120. The summed E-state index contributed by atoms with van der Waals surface area (Å²) in [7, 11) is 0. The van der Waals surface area contributed by atoms with Crippen molar-refractivity contribution in [3.05, 3.63) is 46.7 Å². The van der Waals surface area contributed by atoms with Gasteiger partial charge in [-0.2, -0.15) is 0 Å².